The first-order chi connectivity index (χ1) is 7.05. The number of nitriles is 1. The van der Waals surface area contributed by atoms with Gasteiger partial charge in [-0.15, -0.1) is 0 Å². The first kappa shape index (κ1) is 12.4. The van der Waals surface area contributed by atoms with Gasteiger partial charge in [-0.3, -0.25) is 4.21 Å². The lowest BCUT2D eigenvalue weighted by molar-refractivity contribution is 0.674. The van der Waals surface area contributed by atoms with Crippen molar-refractivity contribution in [3.8, 4) is 6.07 Å². The van der Waals surface area contributed by atoms with E-state index in [-0.39, 0.29) is 0 Å². The number of thiol groups is 1. The smallest absolute Gasteiger partial charge is 0.0991 e. The van der Waals surface area contributed by atoms with Gasteiger partial charge in [0.1, 0.15) is 0 Å². The number of rotatable bonds is 3. The molecular formula is C11H14BrNOS. The predicted molar refractivity (Wildman–Crippen MR) is 68.1 cm³/mol. The Bertz CT molecular complexity index is 450. The molecule has 0 unspecified atom stereocenters. The normalized spacial score (nSPS) is 12.1. The minimum Gasteiger partial charge on any atom is -0.281 e. The molecule has 0 spiro atoms. The Morgan fingerprint density at radius 3 is 2.67 bits per heavy atom. The average molecular weight is 288 g/mol. The molecule has 0 radical (unpaired) electrons. The molecule has 2 nitrogen and oxygen atoms in total. The summed E-state index contributed by atoms with van der Waals surface area (Å²) in [6.07, 6.45) is 1.79. The molecule has 0 aliphatic carbocycles. The fourth-order valence-corrected chi connectivity index (χ4v) is 3.56. The Morgan fingerprint density at radius 1 is 1.53 bits per heavy atom. The van der Waals surface area contributed by atoms with E-state index < -0.39 is 9.93 Å². The van der Waals surface area contributed by atoms with Crippen LogP contribution in [0.4, 0.5) is 0 Å². The molecule has 1 rings (SSSR count). The summed E-state index contributed by atoms with van der Waals surface area (Å²) in [5.41, 5.74) is 1.58. The molecule has 1 aromatic rings. The molecule has 0 N–H and O–H groups in total. The number of hydrogen-bond donors (Lipinski definition) is 1. The fraction of sp³-hybridized carbons (Fsp3) is 0.364. The maximum absolute atomic E-state index is 12.3. The molecular weight excluding hydrogens is 274 g/mol. The molecule has 0 aromatic heterocycles. The molecule has 0 aliphatic heterocycles. The van der Waals surface area contributed by atoms with Gasteiger partial charge < -0.3 is 0 Å². The van der Waals surface area contributed by atoms with Crippen molar-refractivity contribution in [1.82, 2.24) is 0 Å². The molecule has 0 bridgehead atoms. The van der Waals surface area contributed by atoms with Gasteiger partial charge in [0.25, 0.3) is 0 Å². The van der Waals surface area contributed by atoms with Crippen molar-refractivity contribution in [2.24, 2.45) is 0 Å². The van der Waals surface area contributed by atoms with E-state index in [0.717, 1.165) is 10.5 Å². The summed E-state index contributed by atoms with van der Waals surface area (Å²) < 4.78 is 12.3. The first-order valence-corrected chi connectivity index (χ1v) is 8.17. The molecule has 4 heteroatoms. The van der Waals surface area contributed by atoms with Crippen molar-refractivity contribution < 1.29 is 4.21 Å². The highest BCUT2D eigenvalue weighted by molar-refractivity contribution is 9.08. The fourth-order valence-electron chi connectivity index (χ4n) is 1.39. The van der Waals surface area contributed by atoms with Crippen LogP contribution in [0.3, 0.4) is 0 Å². The number of benzene rings is 1. The van der Waals surface area contributed by atoms with Gasteiger partial charge in [-0.05, 0) is 30.0 Å². The van der Waals surface area contributed by atoms with Gasteiger partial charge in [-0.25, -0.2) is 0 Å². The molecule has 0 amide bonds. The van der Waals surface area contributed by atoms with E-state index in [9.17, 15) is 4.21 Å². The Morgan fingerprint density at radius 2 is 2.20 bits per heavy atom. The lowest BCUT2D eigenvalue weighted by Crippen LogP contribution is -2.14. The standard InChI is InChI=1S/C11H14BrNOS/c1-3-15(2,14)11-5-4-9(8-13)6-10(11)7-12/h4-6,15H,3,7H2,1-2H3. The summed E-state index contributed by atoms with van der Waals surface area (Å²) in [7, 11) is -2.25. The second kappa shape index (κ2) is 4.91. The quantitative estimate of drug-likeness (QED) is 0.685. The van der Waals surface area contributed by atoms with Crippen molar-refractivity contribution >= 4 is 25.9 Å². The summed E-state index contributed by atoms with van der Waals surface area (Å²) in [4.78, 5) is 0.890. The monoisotopic (exact) mass is 287 g/mol. The van der Waals surface area contributed by atoms with Crippen LogP contribution in [0.5, 0.6) is 0 Å². The summed E-state index contributed by atoms with van der Waals surface area (Å²) >= 11 is 3.36. The van der Waals surface area contributed by atoms with Gasteiger partial charge in [0, 0.05) is 16.0 Å². The first-order valence-electron chi connectivity index (χ1n) is 4.71. The van der Waals surface area contributed by atoms with Gasteiger partial charge in [-0.2, -0.15) is 5.26 Å². The van der Waals surface area contributed by atoms with E-state index in [1.165, 1.54) is 0 Å². The number of hydrogen-bond acceptors (Lipinski definition) is 2. The van der Waals surface area contributed by atoms with Gasteiger partial charge in [0.2, 0.25) is 0 Å². The van der Waals surface area contributed by atoms with E-state index in [1.54, 1.807) is 18.4 Å². The molecule has 0 saturated heterocycles. The van der Waals surface area contributed by atoms with E-state index in [2.05, 4.69) is 22.0 Å². The molecule has 82 valence electrons. The third-order valence-corrected chi connectivity index (χ3v) is 5.73. The van der Waals surface area contributed by atoms with E-state index in [4.69, 9.17) is 5.26 Å². The van der Waals surface area contributed by atoms with Gasteiger partial charge >= 0.3 is 0 Å². The minimum absolute atomic E-state index is 0.615. The van der Waals surface area contributed by atoms with Crippen LogP contribution in [0, 0.1) is 11.3 Å². The van der Waals surface area contributed by atoms with Crippen LogP contribution < -0.4 is 0 Å². The summed E-state index contributed by atoms with van der Waals surface area (Å²) in [6.45, 7) is 1.93. The SMILES string of the molecule is CC[SH](C)(=O)c1ccc(C#N)cc1CBr. The van der Waals surface area contributed by atoms with Crippen molar-refractivity contribution in [2.45, 2.75) is 17.1 Å². The van der Waals surface area contributed by atoms with Crippen LogP contribution in [0.25, 0.3) is 0 Å². The summed E-state index contributed by atoms with van der Waals surface area (Å²) in [5.74, 6) is 0.652. The number of alkyl halides is 1. The Hall–Kier alpha value is -0.660. The molecule has 0 atom stereocenters. The minimum atomic E-state index is -2.25. The van der Waals surface area contributed by atoms with Crippen LogP contribution in [-0.4, -0.2) is 16.2 Å². The number of nitrogens with zero attached hydrogens (tertiary/aromatic N) is 1. The molecule has 0 saturated carbocycles. The van der Waals surface area contributed by atoms with Gasteiger partial charge in [0.05, 0.1) is 11.6 Å². The second-order valence-corrected chi connectivity index (χ2v) is 7.38. The second-order valence-electron chi connectivity index (χ2n) is 3.51. The van der Waals surface area contributed by atoms with Crippen LogP contribution >= 0.6 is 15.9 Å². The van der Waals surface area contributed by atoms with E-state index >= 15 is 0 Å². The lowest BCUT2D eigenvalue weighted by atomic mass is 10.1. The molecule has 0 fully saturated rings. The molecule has 0 aliphatic rings. The highest BCUT2D eigenvalue weighted by Crippen LogP contribution is 2.24. The van der Waals surface area contributed by atoms with Crippen LogP contribution in [0.1, 0.15) is 18.1 Å². The Balaban J connectivity index is 3.33. The zero-order valence-electron chi connectivity index (χ0n) is 8.83. The van der Waals surface area contributed by atoms with Gasteiger partial charge in [-0.1, -0.05) is 32.8 Å². The predicted octanol–water partition coefficient (Wildman–Crippen LogP) is 2.48. The molecule has 1 aromatic carbocycles. The van der Waals surface area contributed by atoms with Gasteiger partial charge in [0.15, 0.2) is 0 Å². The maximum atomic E-state index is 12.3. The number of halogens is 1. The third-order valence-electron chi connectivity index (χ3n) is 2.47. The summed E-state index contributed by atoms with van der Waals surface area (Å²) in [6, 6.07) is 7.44. The third kappa shape index (κ3) is 2.67. The van der Waals surface area contributed by atoms with Crippen molar-refractivity contribution in [1.29, 1.82) is 5.26 Å². The molecule has 0 heterocycles. The lowest BCUT2D eigenvalue weighted by Gasteiger charge is -2.19. The highest BCUT2D eigenvalue weighted by Gasteiger charge is 2.14. The van der Waals surface area contributed by atoms with E-state index in [0.29, 0.717) is 16.6 Å². The Kier molecular flexibility index (Phi) is 4.06. The average Bonchev–Trinajstić information content (AvgIpc) is 2.28. The zero-order chi connectivity index (χ0) is 11.5. The van der Waals surface area contributed by atoms with E-state index in [1.807, 2.05) is 13.0 Å². The Labute approximate surface area is 99.9 Å². The van der Waals surface area contributed by atoms with Crippen molar-refractivity contribution in [3.63, 3.8) is 0 Å². The van der Waals surface area contributed by atoms with Crippen LogP contribution in [0.2, 0.25) is 0 Å². The van der Waals surface area contributed by atoms with Crippen LogP contribution in [0.15, 0.2) is 23.1 Å². The topological polar surface area (TPSA) is 40.9 Å². The van der Waals surface area contributed by atoms with Crippen molar-refractivity contribution in [2.75, 3.05) is 12.0 Å². The summed E-state index contributed by atoms with van der Waals surface area (Å²) in [5, 5.41) is 9.41. The maximum Gasteiger partial charge on any atom is 0.0991 e. The highest BCUT2D eigenvalue weighted by atomic mass is 79.9. The zero-order valence-corrected chi connectivity index (χ0v) is 11.3. The molecule has 15 heavy (non-hydrogen) atoms. The van der Waals surface area contributed by atoms with Crippen LogP contribution in [-0.2, 0) is 15.3 Å². The van der Waals surface area contributed by atoms with Crippen molar-refractivity contribution in [3.05, 3.63) is 29.3 Å². The largest absolute Gasteiger partial charge is 0.281 e.